The second kappa shape index (κ2) is 6.00. The zero-order valence-electron chi connectivity index (χ0n) is 12.3. The SMILES string of the molecule is COc1ccc2nccc(Cc3ccc([N+](=O)[O-])cc3F)c2c1. The number of fused-ring (bicyclic) bond motifs is 1. The van der Waals surface area contributed by atoms with Crippen LogP contribution in [0.1, 0.15) is 11.1 Å². The summed E-state index contributed by atoms with van der Waals surface area (Å²) in [5.41, 5.74) is 1.80. The lowest BCUT2D eigenvalue weighted by atomic mass is 10.0. The Labute approximate surface area is 131 Å². The van der Waals surface area contributed by atoms with Crippen LogP contribution < -0.4 is 4.74 Å². The average molecular weight is 312 g/mol. The highest BCUT2D eigenvalue weighted by molar-refractivity contribution is 5.83. The Morgan fingerprint density at radius 2 is 2.00 bits per heavy atom. The molecule has 0 aliphatic rings. The Kier molecular flexibility index (Phi) is 3.89. The van der Waals surface area contributed by atoms with Crippen LogP contribution in [0.5, 0.6) is 5.75 Å². The molecule has 0 amide bonds. The molecular weight excluding hydrogens is 299 g/mol. The van der Waals surface area contributed by atoms with Crippen LogP contribution in [0.2, 0.25) is 0 Å². The minimum absolute atomic E-state index is 0.257. The van der Waals surface area contributed by atoms with Gasteiger partial charge in [-0.3, -0.25) is 15.1 Å². The lowest BCUT2D eigenvalue weighted by Crippen LogP contribution is -1.97. The summed E-state index contributed by atoms with van der Waals surface area (Å²) in [7, 11) is 1.58. The van der Waals surface area contributed by atoms with E-state index in [1.54, 1.807) is 13.3 Å². The molecule has 1 aromatic heterocycles. The molecule has 0 unspecified atom stereocenters. The standard InChI is InChI=1S/C17H13FN2O3/c1-23-14-4-5-17-15(10-14)11(6-7-19-17)8-12-2-3-13(20(21)22)9-16(12)18/h2-7,9-10H,8H2,1H3. The van der Waals surface area contributed by atoms with Crippen molar-refractivity contribution >= 4 is 16.6 Å². The first kappa shape index (κ1) is 14.9. The van der Waals surface area contributed by atoms with Crippen molar-refractivity contribution in [2.24, 2.45) is 0 Å². The first-order valence-electron chi connectivity index (χ1n) is 6.93. The predicted molar refractivity (Wildman–Crippen MR) is 84.2 cm³/mol. The third-order valence-corrected chi connectivity index (χ3v) is 3.67. The van der Waals surface area contributed by atoms with Crippen LogP contribution in [0.4, 0.5) is 10.1 Å². The van der Waals surface area contributed by atoms with E-state index in [0.717, 1.165) is 22.5 Å². The Morgan fingerprint density at radius 1 is 1.17 bits per heavy atom. The van der Waals surface area contributed by atoms with E-state index >= 15 is 0 Å². The molecule has 116 valence electrons. The first-order valence-corrected chi connectivity index (χ1v) is 6.93. The van der Waals surface area contributed by atoms with E-state index in [1.165, 1.54) is 12.1 Å². The maximum absolute atomic E-state index is 14.1. The normalized spacial score (nSPS) is 10.7. The summed E-state index contributed by atoms with van der Waals surface area (Å²) in [6.07, 6.45) is 1.98. The van der Waals surface area contributed by atoms with Crippen molar-refractivity contribution in [2.75, 3.05) is 7.11 Å². The van der Waals surface area contributed by atoms with Crippen molar-refractivity contribution in [3.63, 3.8) is 0 Å². The number of hydrogen-bond donors (Lipinski definition) is 0. The fourth-order valence-corrected chi connectivity index (χ4v) is 2.46. The summed E-state index contributed by atoms with van der Waals surface area (Å²) in [5.74, 6) is 0.1000. The van der Waals surface area contributed by atoms with Crippen molar-refractivity contribution in [1.29, 1.82) is 0 Å². The maximum atomic E-state index is 14.1. The van der Waals surface area contributed by atoms with Gasteiger partial charge in [0.2, 0.25) is 0 Å². The summed E-state index contributed by atoms with van der Waals surface area (Å²) in [4.78, 5) is 14.4. The van der Waals surface area contributed by atoms with Crippen molar-refractivity contribution in [3.8, 4) is 5.75 Å². The Hall–Kier alpha value is -3.02. The van der Waals surface area contributed by atoms with Crippen LogP contribution in [0.3, 0.4) is 0 Å². The number of nitrogens with zero attached hydrogens (tertiary/aromatic N) is 2. The van der Waals surface area contributed by atoms with Crippen LogP contribution in [0.15, 0.2) is 48.7 Å². The van der Waals surface area contributed by atoms with Gasteiger partial charge in [0, 0.05) is 24.1 Å². The zero-order valence-corrected chi connectivity index (χ0v) is 12.3. The second-order valence-electron chi connectivity index (χ2n) is 5.06. The highest BCUT2D eigenvalue weighted by atomic mass is 19.1. The second-order valence-corrected chi connectivity index (χ2v) is 5.06. The van der Waals surface area contributed by atoms with Gasteiger partial charge in [-0.05, 0) is 41.5 Å². The minimum Gasteiger partial charge on any atom is -0.497 e. The molecule has 5 nitrogen and oxygen atoms in total. The van der Waals surface area contributed by atoms with E-state index in [2.05, 4.69) is 4.98 Å². The minimum atomic E-state index is -0.612. The number of rotatable bonds is 4. The largest absolute Gasteiger partial charge is 0.497 e. The van der Waals surface area contributed by atoms with Crippen LogP contribution in [-0.2, 0) is 6.42 Å². The number of hydrogen-bond acceptors (Lipinski definition) is 4. The van der Waals surface area contributed by atoms with Crippen molar-refractivity contribution < 1.29 is 14.1 Å². The summed E-state index contributed by atoms with van der Waals surface area (Å²) >= 11 is 0. The quantitative estimate of drug-likeness (QED) is 0.541. The Morgan fingerprint density at radius 3 is 2.70 bits per heavy atom. The predicted octanol–water partition coefficient (Wildman–Crippen LogP) is 3.88. The van der Waals surface area contributed by atoms with Gasteiger partial charge in [0.25, 0.3) is 5.69 Å². The molecule has 0 aliphatic heterocycles. The lowest BCUT2D eigenvalue weighted by Gasteiger charge is -2.09. The van der Waals surface area contributed by atoms with Crippen LogP contribution in [-0.4, -0.2) is 17.0 Å². The summed E-state index contributed by atoms with van der Waals surface area (Å²) < 4.78 is 19.3. The van der Waals surface area contributed by atoms with Crippen LogP contribution >= 0.6 is 0 Å². The van der Waals surface area contributed by atoms with E-state index in [0.29, 0.717) is 17.7 Å². The van der Waals surface area contributed by atoms with Gasteiger partial charge in [-0.2, -0.15) is 0 Å². The van der Waals surface area contributed by atoms with E-state index in [1.807, 2.05) is 24.3 Å². The molecule has 0 radical (unpaired) electrons. The van der Waals surface area contributed by atoms with Gasteiger partial charge < -0.3 is 4.74 Å². The highest BCUT2D eigenvalue weighted by Crippen LogP contribution is 2.26. The van der Waals surface area contributed by atoms with Gasteiger partial charge in [-0.25, -0.2) is 4.39 Å². The molecule has 0 saturated heterocycles. The fraction of sp³-hybridized carbons (Fsp3) is 0.118. The average Bonchev–Trinajstić information content (AvgIpc) is 2.56. The number of nitro benzene ring substituents is 1. The maximum Gasteiger partial charge on any atom is 0.272 e. The smallest absolute Gasteiger partial charge is 0.272 e. The number of benzene rings is 2. The first-order chi connectivity index (χ1) is 11.1. The molecular formula is C17H13FN2O3. The number of halogens is 1. The summed E-state index contributed by atoms with van der Waals surface area (Å²) in [6.45, 7) is 0. The van der Waals surface area contributed by atoms with Crippen molar-refractivity contribution in [1.82, 2.24) is 4.98 Å². The highest BCUT2D eigenvalue weighted by Gasteiger charge is 2.12. The third-order valence-electron chi connectivity index (χ3n) is 3.67. The molecule has 0 aliphatic carbocycles. The molecule has 0 N–H and O–H groups in total. The van der Waals surface area contributed by atoms with Crippen molar-refractivity contribution in [3.05, 3.63) is 75.7 Å². The number of ether oxygens (including phenoxy) is 1. The van der Waals surface area contributed by atoms with E-state index < -0.39 is 10.7 Å². The van der Waals surface area contributed by atoms with Gasteiger partial charge in [-0.15, -0.1) is 0 Å². The summed E-state index contributed by atoms with van der Waals surface area (Å²) in [6, 6.07) is 11.0. The zero-order chi connectivity index (χ0) is 16.4. The number of aromatic nitrogens is 1. The van der Waals surface area contributed by atoms with E-state index in [9.17, 15) is 14.5 Å². The van der Waals surface area contributed by atoms with E-state index in [-0.39, 0.29) is 5.69 Å². The number of non-ortho nitro benzene ring substituents is 1. The molecule has 2 aromatic carbocycles. The molecule has 1 heterocycles. The third kappa shape index (κ3) is 2.96. The molecule has 0 bridgehead atoms. The topological polar surface area (TPSA) is 65.3 Å². The molecule has 0 atom stereocenters. The molecule has 6 heteroatoms. The molecule has 0 spiro atoms. The molecule has 3 aromatic rings. The Bertz CT molecular complexity index is 896. The van der Waals surface area contributed by atoms with Crippen molar-refractivity contribution in [2.45, 2.75) is 6.42 Å². The van der Waals surface area contributed by atoms with Crippen LogP contribution in [0, 0.1) is 15.9 Å². The van der Waals surface area contributed by atoms with Gasteiger partial charge in [-0.1, -0.05) is 0 Å². The Balaban J connectivity index is 2.03. The molecule has 0 saturated carbocycles. The van der Waals surface area contributed by atoms with Gasteiger partial charge in [0.05, 0.1) is 23.6 Å². The number of nitro groups is 1. The fourth-order valence-electron chi connectivity index (χ4n) is 2.46. The van der Waals surface area contributed by atoms with Gasteiger partial charge in [0.15, 0.2) is 0 Å². The number of methoxy groups -OCH3 is 1. The van der Waals surface area contributed by atoms with E-state index in [4.69, 9.17) is 4.74 Å². The monoisotopic (exact) mass is 312 g/mol. The molecule has 23 heavy (non-hydrogen) atoms. The summed E-state index contributed by atoms with van der Waals surface area (Å²) in [5, 5.41) is 11.6. The number of pyridine rings is 1. The lowest BCUT2D eigenvalue weighted by molar-refractivity contribution is -0.385. The van der Waals surface area contributed by atoms with Gasteiger partial charge >= 0.3 is 0 Å². The van der Waals surface area contributed by atoms with Crippen LogP contribution in [0.25, 0.3) is 10.9 Å². The van der Waals surface area contributed by atoms with Gasteiger partial charge in [0.1, 0.15) is 11.6 Å². The molecule has 0 fully saturated rings. The molecule has 3 rings (SSSR count).